The van der Waals surface area contributed by atoms with Gasteiger partial charge in [0.25, 0.3) is 0 Å². The molecule has 22 heavy (non-hydrogen) atoms. The number of rotatable bonds is 2. The van der Waals surface area contributed by atoms with Gasteiger partial charge in [-0.3, -0.25) is 4.79 Å². The van der Waals surface area contributed by atoms with Crippen molar-refractivity contribution in [2.75, 3.05) is 50.0 Å². The first-order chi connectivity index (χ1) is 10.6. The number of nitrogens with two attached hydrogens (primary N) is 1. The van der Waals surface area contributed by atoms with Gasteiger partial charge >= 0.3 is 0 Å². The van der Waals surface area contributed by atoms with Crippen LogP contribution in [0.5, 0.6) is 0 Å². The number of amides is 1. The van der Waals surface area contributed by atoms with Crippen molar-refractivity contribution in [3.63, 3.8) is 0 Å². The average molecular weight is 305 g/mol. The monoisotopic (exact) mass is 305 g/mol. The molecule has 2 aliphatic rings. The molecule has 2 saturated heterocycles. The summed E-state index contributed by atoms with van der Waals surface area (Å²) in [6.45, 7) is 6.28. The summed E-state index contributed by atoms with van der Waals surface area (Å²) in [6, 6.07) is 2.03. The molecule has 1 atom stereocenters. The molecule has 2 N–H and O–H groups in total. The fourth-order valence-electron chi connectivity index (χ4n) is 3.07. The lowest BCUT2D eigenvalue weighted by atomic mass is 10.0. The van der Waals surface area contributed by atoms with Crippen molar-refractivity contribution in [3.05, 3.63) is 11.8 Å². The van der Waals surface area contributed by atoms with Gasteiger partial charge in [0.05, 0.1) is 12.3 Å². The SMILES string of the molecule is CC(=O)N1CCCN(c2cc(C3CCOC3)nc(N)n2)CC1. The first kappa shape index (κ1) is 15.0. The largest absolute Gasteiger partial charge is 0.381 e. The number of anilines is 2. The molecule has 120 valence electrons. The highest BCUT2D eigenvalue weighted by Crippen LogP contribution is 2.27. The Bertz CT molecular complexity index is 545. The van der Waals surface area contributed by atoms with Crippen molar-refractivity contribution >= 4 is 17.7 Å². The number of aromatic nitrogens is 2. The second kappa shape index (κ2) is 6.48. The Morgan fingerprint density at radius 3 is 2.91 bits per heavy atom. The first-order valence-corrected chi connectivity index (χ1v) is 7.86. The van der Waals surface area contributed by atoms with E-state index in [0.717, 1.165) is 57.1 Å². The maximum atomic E-state index is 11.5. The maximum Gasteiger partial charge on any atom is 0.222 e. The Morgan fingerprint density at radius 2 is 2.18 bits per heavy atom. The zero-order valence-corrected chi connectivity index (χ0v) is 13.0. The van der Waals surface area contributed by atoms with Crippen LogP contribution in [0.3, 0.4) is 0 Å². The fraction of sp³-hybridized carbons (Fsp3) is 0.667. The van der Waals surface area contributed by atoms with Crippen LogP contribution >= 0.6 is 0 Å². The summed E-state index contributed by atoms with van der Waals surface area (Å²) in [5.41, 5.74) is 6.86. The first-order valence-electron chi connectivity index (χ1n) is 7.86. The molecule has 1 unspecified atom stereocenters. The van der Waals surface area contributed by atoms with E-state index < -0.39 is 0 Å². The van der Waals surface area contributed by atoms with Crippen LogP contribution in [-0.4, -0.2) is 60.2 Å². The molecule has 3 rings (SSSR count). The summed E-state index contributed by atoms with van der Waals surface area (Å²) in [6.07, 6.45) is 1.92. The van der Waals surface area contributed by atoms with E-state index in [0.29, 0.717) is 18.5 Å². The van der Waals surface area contributed by atoms with Gasteiger partial charge in [0.15, 0.2) is 0 Å². The zero-order chi connectivity index (χ0) is 15.5. The number of ether oxygens (including phenoxy) is 1. The molecule has 2 aliphatic heterocycles. The van der Waals surface area contributed by atoms with Crippen molar-refractivity contribution in [2.24, 2.45) is 0 Å². The molecule has 1 amide bonds. The summed E-state index contributed by atoms with van der Waals surface area (Å²) >= 11 is 0. The molecule has 0 bridgehead atoms. The Labute approximate surface area is 130 Å². The summed E-state index contributed by atoms with van der Waals surface area (Å²) in [4.78, 5) is 24.4. The third-order valence-electron chi connectivity index (χ3n) is 4.36. The van der Waals surface area contributed by atoms with Crippen LogP contribution in [0.1, 0.15) is 31.4 Å². The Balaban J connectivity index is 1.77. The van der Waals surface area contributed by atoms with Crippen molar-refractivity contribution in [3.8, 4) is 0 Å². The molecule has 0 saturated carbocycles. The van der Waals surface area contributed by atoms with Crippen molar-refractivity contribution < 1.29 is 9.53 Å². The van der Waals surface area contributed by atoms with Gasteiger partial charge in [0, 0.05) is 51.7 Å². The number of carbonyl (C=O) groups excluding carboxylic acids is 1. The average Bonchev–Trinajstić information content (AvgIpc) is 2.90. The molecule has 3 heterocycles. The van der Waals surface area contributed by atoms with E-state index in [-0.39, 0.29) is 5.91 Å². The lowest BCUT2D eigenvalue weighted by molar-refractivity contribution is -0.128. The van der Waals surface area contributed by atoms with Gasteiger partial charge in [0.2, 0.25) is 11.9 Å². The standard InChI is InChI=1S/C15H23N5O2/c1-11(21)19-4-2-5-20(7-6-19)14-9-13(17-15(16)18-14)12-3-8-22-10-12/h9,12H,2-8,10H2,1H3,(H2,16,17,18). The van der Waals surface area contributed by atoms with E-state index >= 15 is 0 Å². The minimum absolute atomic E-state index is 0.132. The van der Waals surface area contributed by atoms with E-state index in [4.69, 9.17) is 10.5 Å². The maximum absolute atomic E-state index is 11.5. The van der Waals surface area contributed by atoms with Gasteiger partial charge in [-0.25, -0.2) is 4.98 Å². The van der Waals surface area contributed by atoms with E-state index in [1.54, 1.807) is 6.92 Å². The normalized spacial score (nSPS) is 22.7. The molecule has 0 radical (unpaired) electrons. The highest BCUT2D eigenvalue weighted by molar-refractivity contribution is 5.73. The third kappa shape index (κ3) is 3.30. The molecule has 0 aromatic carbocycles. The van der Waals surface area contributed by atoms with E-state index in [1.165, 1.54) is 0 Å². The van der Waals surface area contributed by atoms with Crippen LogP contribution in [0.4, 0.5) is 11.8 Å². The summed E-state index contributed by atoms with van der Waals surface area (Å²) in [5, 5.41) is 0. The molecule has 2 fully saturated rings. The number of carbonyl (C=O) groups is 1. The van der Waals surface area contributed by atoms with Gasteiger partial charge in [0.1, 0.15) is 5.82 Å². The number of hydrogen-bond donors (Lipinski definition) is 1. The summed E-state index contributed by atoms with van der Waals surface area (Å²) in [5.74, 6) is 1.62. The van der Waals surface area contributed by atoms with Gasteiger partial charge in [-0.1, -0.05) is 0 Å². The second-order valence-corrected chi connectivity index (χ2v) is 5.92. The highest BCUT2D eigenvalue weighted by atomic mass is 16.5. The predicted octanol–water partition coefficient (Wildman–Crippen LogP) is 0.621. The van der Waals surface area contributed by atoms with Gasteiger partial charge in [-0.15, -0.1) is 0 Å². The highest BCUT2D eigenvalue weighted by Gasteiger charge is 2.23. The van der Waals surface area contributed by atoms with Crippen LogP contribution in [0.2, 0.25) is 0 Å². The number of hydrogen-bond acceptors (Lipinski definition) is 6. The molecule has 7 nitrogen and oxygen atoms in total. The zero-order valence-electron chi connectivity index (χ0n) is 13.0. The van der Waals surface area contributed by atoms with Crippen LogP contribution in [0.25, 0.3) is 0 Å². The van der Waals surface area contributed by atoms with Crippen molar-refractivity contribution in [1.82, 2.24) is 14.9 Å². The topological polar surface area (TPSA) is 84.6 Å². The Morgan fingerprint density at radius 1 is 1.32 bits per heavy atom. The van der Waals surface area contributed by atoms with Gasteiger partial charge < -0.3 is 20.3 Å². The van der Waals surface area contributed by atoms with Crippen LogP contribution < -0.4 is 10.6 Å². The minimum Gasteiger partial charge on any atom is -0.381 e. The molecule has 7 heteroatoms. The predicted molar refractivity (Wildman–Crippen MR) is 83.7 cm³/mol. The van der Waals surface area contributed by atoms with Crippen LogP contribution in [0.15, 0.2) is 6.07 Å². The molecular formula is C15H23N5O2. The second-order valence-electron chi connectivity index (χ2n) is 5.92. The van der Waals surface area contributed by atoms with Crippen LogP contribution in [-0.2, 0) is 9.53 Å². The fourth-order valence-corrected chi connectivity index (χ4v) is 3.07. The smallest absolute Gasteiger partial charge is 0.222 e. The van der Waals surface area contributed by atoms with E-state index in [9.17, 15) is 4.79 Å². The third-order valence-corrected chi connectivity index (χ3v) is 4.36. The van der Waals surface area contributed by atoms with E-state index in [2.05, 4.69) is 14.9 Å². The molecule has 0 spiro atoms. The van der Waals surface area contributed by atoms with Gasteiger partial charge in [-0.05, 0) is 12.8 Å². The molecular weight excluding hydrogens is 282 g/mol. The Kier molecular flexibility index (Phi) is 4.42. The Hall–Kier alpha value is -1.89. The summed E-state index contributed by atoms with van der Waals surface area (Å²) < 4.78 is 5.44. The molecule has 0 aliphatic carbocycles. The van der Waals surface area contributed by atoms with E-state index in [1.807, 2.05) is 11.0 Å². The summed E-state index contributed by atoms with van der Waals surface area (Å²) in [7, 11) is 0. The lowest BCUT2D eigenvalue weighted by Crippen LogP contribution is -2.34. The van der Waals surface area contributed by atoms with Crippen molar-refractivity contribution in [1.29, 1.82) is 0 Å². The molecule has 1 aromatic heterocycles. The van der Waals surface area contributed by atoms with Crippen LogP contribution in [0, 0.1) is 0 Å². The number of nitrogen functional groups attached to an aromatic ring is 1. The quantitative estimate of drug-likeness (QED) is 0.862. The lowest BCUT2D eigenvalue weighted by Gasteiger charge is -2.23. The molecule has 1 aromatic rings. The minimum atomic E-state index is 0.132. The van der Waals surface area contributed by atoms with Crippen molar-refractivity contribution in [2.45, 2.75) is 25.7 Å². The van der Waals surface area contributed by atoms with Gasteiger partial charge in [-0.2, -0.15) is 4.98 Å². The number of nitrogens with zero attached hydrogens (tertiary/aromatic N) is 4.